The van der Waals surface area contributed by atoms with Gasteiger partial charge in [0, 0.05) is 35.2 Å². The van der Waals surface area contributed by atoms with E-state index in [2.05, 4.69) is 32.9 Å². The molecule has 10 heteroatoms. The fourth-order valence-electron chi connectivity index (χ4n) is 4.83. The number of aromatic nitrogens is 1. The summed E-state index contributed by atoms with van der Waals surface area (Å²) in [4.78, 5) is 34.6. The molecule has 7 nitrogen and oxygen atoms in total. The highest BCUT2D eigenvalue weighted by Crippen LogP contribution is 2.41. The first-order valence-corrected chi connectivity index (χ1v) is 12.4. The average Bonchev–Trinajstić information content (AvgIpc) is 3.36. The Bertz CT molecular complexity index is 1280. The number of ether oxygens (including phenoxy) is 1. The van der Waals surface area contributed by atoms with Gasteiger partial charge >= 0.3 is 0 Å². The molecule has 3 aromatic rings. The first-order chi connectivity index (χ1) is 15.7. The first-order valence-electron chi connectivity index (χ1n) is 10.5. The van der Waals surface area contributed by atoms with Gasteiger partial charge in [-0.3, -0.25) is 9.59 Å². The van der Waals surface area contributed by atoms with Gasteiger partial charge in [-0.2, -0.15) is 0 Å². The molecule has 0 radical (unpaired) electrons. The normalized spacial score (nSPS) is 21.5. The van der Waals surface area contributed by atoms with Crippen LogP contribution in [0.4, 0.5) is 15.1 Å². The van der Waals surface area contributed by atoms with Crippen LogP contribution in [-0.2, 0) is 9.53 Å². The highest BCUT2D eigenvalue weighted by molar-refractivity contribution is 14.1. The summed E-state index contributed by atoms with van der Waals surface area (Å²) in [7, 11) is 0. The topological polar surface area (TPSA) is 74.8 Å². The van der Waals surface area contributed by atoms with Gasteiger partial charge in [0.1, 0.15) is 27.5 Å². The fourth-order valence-corrected chi connectivity index (χ4v) is 6.33. The SMILES string of the molecule is CC(=O)N1[C@H]2CN(C(=O)c3c(Nc4ccc(I)cc4F)sc4ncccc34)C[C@H]2OC1(C)C. The van der Waals surface area contributed by atoms with Crippen molar-refractivity contribution in [3.8, 4) is 0 Å². The zero-order valence-corrected chi connectivity index (χ0v) is 21.2. The van der Waals surface area contributed by atoms with E-state index in [9.17, 15) is 14.0 Å². The van der Waals surface area contributed by atoms with Crippen molar-refractivity contribution in [2.45, 2.75) is 38.6 Å². The van der Waals surface area contributed by atoms with Gasteiger partial charge in [-0.15, -0.1) is 0 Å². The molecular formula is C23H22FIN4O3S. The van der Waals surface area contributed by atoms with Crippen molar-refractivity contribution in [3.05, 3.63) is 51.5 Å². The van der Waals surface area contributed by atoms with Gasteiger partial charge in [0.05, 0.1) is 17.3 Å². The number of amides is 2. The van der Waals surface area contributed by atoms with Crippen LogP contribution < -0.4 is 5.32 Å². The van der Waals surface area contributed by atoms with Gasteiger partial charge in [0.25, 0.3) is 5.91 Å². The summed E-state index contributed by atoms with van der Waals surface area (Å²) in [5.41, 5.74) is 0.0430. The number of anilines is 2. The van der Waals surface area contributed by atoms with Crippen molar-refractivity contribution < 1.29 is 18.7 Å². The number of rotatable bonds is 3. The van der Waals surface area contributed by atoms with Crippen molar-refractivity contribution in [3.63, 3.8) is 0 Å². The standard InChI is InChI=1S/C23H22FIN4O3S/c1-12(30)29-17-10-28(11-18(17)32-23(29,2)3)22(31)19-14-5-4-8-26-20(14)33-21(19)27-16-7-6-13(25)9-15(16)24/h4-9,17-18,27H,10-11H2,1-3H3/t17-,18+/m0/s1. The third kappa shape index (κ3) is 3.87. The van der Waals surface area contributed by atoms with Crippen molar-refractivity contribution in [1.82, 2.24) is 14.8 Å². The van der Waals surface area contributed by atoms with Crippen molar-refractivity contribution in [1.29, 1.82) is 0 Å². The molecule has 2 amide bonds. The summed E-state index contributed by atoms with van der Waals surface area (Å²) in [6.45, 7) is 6.02. The third-order valence-corrected chi connectivity index (χ3v) is 7.77. The molecular weight excluding hydrogens is 558 g/mol. The maximum atomic E-state index is 14.5. The lowest BCUT2D eigenvalue weighted by Crippen LogP contribution is -2.49. The molecule has 4 heterocycles. The number of carbonyl (C=O) groups excluding carboxylic acids is 2. The number of nitrogens with zero attached hydrogens (tertiary/aromatic N) is 3. The molecule has 1 aromatic carbocycles. The van der Waals surface area contributed by atoms with E-state index in [0.29, 0.717) is 39.6 Å². The summed E-state index contributed by atoms with van der Waals surface area (Å²) < 4.78 is 21.4. The molecule has 1 N–H and O–H groups in total. The van der Waals surface area contributed by atoms with Crippen LogP contribution in [0, 0.1) is 9.39 Å². The smallest absolute Gasteiger partial charge is 0.257 e. The predicted molar refractivity (Wildman–Crippen MR) is 133 cm³/mol. The summed E-state index contributed by atoms with van der Waals surface area (Å²) in [5.74, 6) is -0.667. The first kappa shape index (κ1) is 22.5. The molecule has 0 unspecified atom stereocenters. The van der Waals surface area contributed by atoms with Crippen LogP contribution in [0.15, 0.2) is 36.5 Å². The molecule has 2 aliphatic heterocycles. The fraction of sp³-hybridized carbons (Fsp3) is 0.348. The lowest BCUT2D eigenvalue weighted by Gasteiger charge is -2.33. The molecule has 0 spiro atoms. The quantitative estimate of drug-likeness (QED) is 0.459. The summed E-state index contributed by atoms with van der Waals surface area (Å²) in [6.07, 6.45) is 1.42. The molecule has 2 aliphatic rings. The molecule has 0 bridgehead atoms. The minimum atomic E-state index is -0.704. The minimum absolute atomic E-state index is 0.0801. The number of hydrogen-bond acceptors (Lipinski definition) is 6. The molecule has 0 saturated carbocycles. The molecule has 5 rings (SSSR count). The van der Waals surface area contributed by atoms with Crippen LogP contribution in [0.3, 0.4) is 0 Å². The van der Waals surface area contributed by atoms with Crippen molar-refractivity contribution in [2.24, 2.45) is 0 Å². The maximum absolute atomic E-state index is 14.5. The molecule has 2 saturated heterocycles. The number of halogens is 2. The lowest BCUT2D eigenvalue weighted by molar-refractivity contribution is -0.146. The van der Waals surface area contributed by atoms with E-state index >= 15 is 0 Å². The van der Waals surface area contributed by atoms with Gasteiger partial charge in [-0.05, 0) is 66.8 Å². The molecule has 172 valence electrons. The number of fused-ring (bicyclic) bond motifs is 2. The Labute approximate surface area is 208 Å². The van der Waals surface area contributed by atoms with Crippen LogP contribution in [0.5, 0.6) is 0 Å². The van der Waals surface area contributed by atoms with E-state index < -0.39 is 11.5 Å². The summed E-state index contributed by atoms with van der Waals surface area (Å²) in [5, 5.41) is 4.36. The molecule has 2 aromatic heterocycles. The van der Waals surface area contributed by atoms with Crippen molar-refractivity contribution in [2.75, 3.05) is 18.4 Å². The highest BCUT2D eigenvalue weighted by atomic mass is 127. The number of nitrogens with one attached hydrogen (secondary N) is 1. The Kier molecular flexibility index (Phi) is 5.57. The van der Waals surface area contributed by atoms with Gasteiger partial charge < -0.3 is 19.9 Å². The number of hydrogen-bond donors (Lipinski definition) is 1. The van der Waals surface area contributed by atoms with E-state index in [-0.39, 0.29) is 24.0 Å². The molecule has 2 fully saturated rings. The summed E-state index contributed by atoms with van der Waals surface area (Å²) >= 11 is 3.36. The molecule has 0 aliphatic carbocycles. The second-order valence-electron chi connectivity index (χ2n) is 8.68. The van der Waals surface area contributed by atoms with Crippen molar-refractivity contribution >= 4 is 66.6 Å². The van der Waals surface area contributed by atoms with Crippen LogP contribution in [0.25, 0.3) is 10.2 Å². The Morgan fingerprint density at radius 1 is 1.30 bits per heavy atom. The van der Waals surface area contributed by atoms with Crippen LogP contribution >= 0.6 is 33.9 Å². The van der Waals surface area contributed by atoms with E-state index in [4.69, 9.17) is 4.74 Å². The van der Waals surface area contributed by atoms with Gasteiger partial charge in [-0.25, -0.2) is 9.37 Å². The lowest BCUT2D eigenvalue weighted by atomic mass is 10.1. The Morgan fingerprint density at radius 2 is 2.09 bits per heavy atom. The van der Waals surface area contributed by atoms with Gasteiger partial charge in [0.2, 0.25) is 5.91 Å². The Morgan fingerprint density at radius 3 is 2.82 bits per heavy atom. The number of pyridine rings is 1. The number of benzene rings is 1. The van der Waals surface area contributed by atoms with Gasteiger partial charge in [0.15, 0.2) is 0 Å². The Hall–Kier alpha value is -2.31. The summed E-state index contributed by atoms with van der Waals surface area (Å²) in [6, 6.07) is 8.32. The van der Waals surface area contributed by atoms with E-state index in [1.54, 1.807) is 34.2 Å². The zero-order valence-electron chi connectivity index (χ0n) is 18.3. The van der Waals surface area contributed by atoms with Gasteiger partial charge in [-0.1, -0.05) is 11.3 Å². The van der Waals surface area contributed by atoms with Crippen LogP contribution in [-0.4, -0.2) is 57.6 Å². The largest absolute Gasteiger partial charge is 0.349 e. The number of likely N-dealkylation sites (tertiary alicyclic amines) is 1. The second kappa shape index (κ2) is 8.17. The number of thiophene rings is 1. The predicted octanol–water partition coefficient (Wildman–Crippen LogP) is 4.59. The monoisotopic (exact) mass is 580 g/mol. The van der Waals surface area contributed by atoms with E-state index in [0.717, 1.165) is 3.57 Å². The second-order valence-corrected chi connectivity index (χ2v) is 10.9. The van der Waals surface area contributed by atoms with E-state index in [1.165, 1.54) is 24.3 Å². The van der Waals surface area contributed by atoms with Crippen LogP contribution in [0.2, 0.25) is 0 Å². The Balaban J connectivity index is 1.49. The molecule has 2 atom stereocenters. The third-order valence-electron chi connectivity index (χ3n) is 6.07. The highest BCUT2D eigenvalue weighted by Gasteiger charge is 2.53. The van der Waals surface area contributed by atoms with E-state index in [1.807, 2.05) is 19.9 Å². The maximum Gasteiger partial charge on any atom is 0.257 e. The number of carbonyl (C=O) groups is 2. The average molecular weight is 580 g/mol. The van der Waals surface area contributed by atoms with Crippen LogP contribution in [0.1, 0.15) is 31.1 Å². The molecule has 33 heavy (non-hydrogen) atoms. The zero-order chi connectivity index (χ0) is 23.5. The minimum Gasteiger partial charge on any atom is -0.349 e.